The number of aromatic nitrogens is 3. The highest BCUT2D eigenvalue weighted by atomic mass is 32.2. The van der Waals surface area contributed by atoms with Gasteiger partial charge >= 0.3 is 0 Å². The van der Waals surface area contributed by atoms with E-state index >= 15 is 0 Å². The Morgan fingerprint density at radius 1 is 1.11 bits per heavy atom. The summed E-state index contributed by atoms with van der Waals surface area (Å²) in [5.74, 6) is 1.99. The van der Waals surface area contributed by atoms with Crippen LogP contribution < -0.4 is 0 Å². The number of hydrogen-bond acceptors (Lipinski definition) is 5. The Kier molecular flexibility index (Phi) is 5.12. The van der Waals surface area contributed by atoms with Crippen LogP contribution in [0.3, 0.4) is 0 Å². The van der Waals surface area contributed by atoms with Crippen LogP contribution >= 0.6 is 11.8 Å². The van der Waals surface area contributed by atoms with E-state index in [1.54, 1.807) is 11.8 Å². The number of piperidine rings is 1. The van der Waals surface area contributed by atoms with Crippen LogP contribution in [0.15, 0.2) is 29.4 Å². The van der Waals surface area contributed by atoms with Gasteiger partial charge in [0.1, 0.15) is 11.1 Å². The number of aryl methyl sites for hydroxylation is 1. The van der Waals surface area contributed by atoms with Crippen molar-refractivity contribution in [3.05, 3.63) is 41.2 Å². The molecule has 1 saturated heterocycles. The fourth-order valence-corrected chi connectivity index (χ4v) is 5.36. The number of likely N-dealkylation sites (tertiary alicyclic amines) is 1. The van der Waals surface area contributed by atoms with Gasteiger partial charge in [-0.25, -0.2) is 4.98 Å². The van der Waals surface area contributed by atoms with E-state index in [1.807, 2.05) is 6.92 Å². The highest BCUT2D eigenvalue weighted by Gasteiger charge is 2.43. The zero-order valence-corrected chi connectivity index (χ0v) is 17.4. The first kappa shape index (κ1) is 18.7. The van der Waals surface area contributed by atoms with Crippen molar-refractivity contribution in [1.29, 1.82) is 0 Å². The second-order valence-electron chi connectivity index (χ2n) is 8.21. The molecule has 0 N–H and O–H groups in total. The average Bonchev–Trinajstić information content (AvgIpc) is 3.15. The van der Waals surface area contributed by atoms with Gasteiger partial charge in [0.25, 0.3) is 5.91 Å². The number of thioether (sulfide) groups is 1. The maximum absolute atomic E-state index is 13.1. The third-order valence-electron chi connectivity index (χ3n) is 5.81. The lowest BCUT2D eigenvalue weighted by atomic mass is 9.92. The summed E-state index contributed by atoms with van der Waals surface area (Å²) < 4.78 is 1.51. The monoisotopic (exact) mass is 384 g/mol. The molecular formula is C21H28N4OS. The van der Waals surface area contributed by atoms with E-state index in [1.165, 1.54) is 28.7 Å². The molecule has 144 valence electrons. The van der Waals surface area contributed by atoms with Gasteiger partial charge in [0.15, 0.2) is 5.16 Å². The third kappa shape index (κ3) is 3.57. The van der Waals surface area contributed by atoms with Crippen molar-refractivity contribution in [2.24, 2.45) is 5.92 Å². The molecular weight excluding hydrogens is 356 g/mol. The number of fused-ring (bicyclic) bond motifs is 1. The van der Waals surface area contributed by atoms with Crippen molar-refractivity contribution >= 4 is 17.7 Å². The maximum Gasteiger partial charge on any atom is 0.264 e. The quantitative estimate of drug-likeness (QED) is 0.787. The molecule has 0 saturated carbocycles. The Hall–Kier alpha value is -1.66. The topological polar surface area (TPSA) is 51.0 Å². The fraction of sp³-hybridized carbons (Fsp3) is 0.571. The minimum atomic E-state index is -0.182. The third-order valence-corrected chi connectivity index (χ3v) is 7.00. The van der Waals surface area contributed by atoms with Crippen LogP contribution in [0, 0.1) is 12.8 Å². The van der Waals surface area contributed by atoms with Crippen LogP contribution in [0.4, 0.5) is 0 Å². The first-order chi connectivity index (χ1) is 12.9. The molecule has 27 heavy (non-hydrogen) atoms. The molecule has 4 rings (SSSR count). The standard InChI is InChI=1S/C21H28N4OS/c1-13(2)16-5-7-17(8-6-16)18(24-11-9-14(3)10-12-24)19-20(26)25-21(27-19)22-15(4)23-25/h5-8,13-14,18-19H,9-12H2,1-4H3. The first-order valence-corrected chi connectivity index (χ1v) is 10.8. The van der Waals surface area contributed by atoms with Crippen molar-refractivity contribution in [2.75, 3.05) is 13.1 Å². The SMILES string of the molecule is Cc1nc2n(n1)C(=O)C(C(c1ccc(C(C)C)cc1)N1CCC(C)CC1)S2. The second-order valence-corrected chi connectivity index (χ2v) is 9.32. The second kappa shape index (κ2) is 7.40. The number of rotatable bonds is 4. The smallest absolute Gasteiger partial charge is 0.264 e. The average molecular weight is 385 g/mol. The van der Waals surface area contributed by atoms with Crippen LogP contribution in [-0.2, 0) is 0 Å². The summed E-state index contributed by atoms with van der Waals surface area (Å²) in [5.41, 5.74) is 2.56. The molecule has 1 aromatic heterocycles. The highest BCUT2D eigenvalue weighted by molar-refractivity contribution is 8.00. The van der Waals surface area contributed by atoms with Crippen LogP contribution in [0.25, 0.3) is 0 Å². The van der Waals surface area contributed by atoms with E-state index in [-0.39, 0.29) is 17.2 Å². The molecule has 5 nitrogen and oxygen atoms in total. The molecule has 2 unspecified atom stereocenters. The Morgan fingerprint density at radius 2 is 1.74 bits per heavy atom. The number of carbonyl (C=O) groups is 1. The Bertz CT molecular complexity index is 821. The van der Waals surface area contributed by atoms with Crippen molar-refractivity contribution < 1.29 is 4.79 Å². The van der Waals surface area contributed by atoms with E-state index in [4.69, 9.17) is 0 Å². The lowest BCUT2D eigenvalue weighted by molar-refractivity contribution is 0.0799. The molecule has 2 aromatic rings. The minimum Gasteiger partial charge on any atom is -0.295 e. The summed E-state index contributed by atoms with van der Waals surface area (Å²) in [6.45, 7) is 10.7. The zero-order chi connectivity index (χ0) is 19.1. The summed E-state index contributed by atoms with van der Waals surface area (Å²) in [4.78, 5) is 20.1. The van der Waals surface area contributed by atoms with Gasteiger partial charge in [-0.3, -0.25) is 9.69 Å². The van der Waals surface area contributed by atoms with Crippen molar-refractivity contribution in [2.45, 2.75) is 62.9 Å². The normalized spacial score (nSPS) is 22.4. The number of benzene rings is 1. The van der Waals surface area contributed by atoms with E-state index in [2.05, 4.69) is 60.0 Å². The summed E-state index contributed by atoms with van der Waals surface area (Å²) in [5, 5.41) is 4.86. The van der Waals surface area contributed by atoms with Crippen molar-refractivity contribution in [3.8, 4) is 0 Å². The minimum absolute atomic E-state index is 0.0622. The molecule has 2 aliphatic rings. The first-order valence-electron chi connectivity index (χ1n) is 9.92. The zero-order valence-electron chi connectivity index (χ0n) is 16.6. The Labute approximate surface area is 165 Å². The van der Waals surface area contributed by atoms with E-state index in [9.17, 15) is 4.79 Å². The van der Waals surface area contributed by atoms with Crippen molar-refractivity contribution in [3.63, 3.8) is 0 Å². The number of carbonyl (C=O) groups excluding carboxylic acids is 1. The molecule has 2 aliphatic heterocycles. The van der Waals surface area contributed by atoms with Gasteiger partial charge in [-0.05, 0) is 55.8 Å². The number of hydrogen-bond donors (Lipinski definition) is 0. The van der Waals surface area contributed by atoms with Crippen LogP contribution in [-0.4, -0.2) is 43.9 Å². The predicted octanol–water partition coefficient (Wildman–Crippen LogP) is 4.30. The summed E-state index contributed by atoms with van der Waals surface area (Å²) in [7, 11) is 0. The van der Waals surface area contributed by atoms with Gasteiger partial charge in [0, 0.05) is 0 Å². The van der Waals surface area contributed by atoms with Gasteiger partial charge < -0.3 is 0 Å². The molecule has 1 fully saturated rings. The van der Waals surface area contributed by atoms with Crippen LogP contribution in [0.2, 0.25) is 0 Å². The van der Waals surface area contributed by atoms with E-state index in [0.717, 1.165) is 24.2 Å². The molecule has 6 heteroatoms. The molecule has 0 aliphatic carbocycles. The fourth-order valence-electron chi connectivity index (χ4n) is 4.06. The lowest BCUT2D eigenvalue weighted by Gasteiger charge is -2.38. The molecule has 0 bridgehead atoms. The maximum atomic E-state index is 13.1. The van der Waals surface area contributed by atoms with E-state index < -0.39 is 0 Å². The predicted molar refractivity (Wildman–Crippen MR) is 108 cm³/mol. The van der Waals surface area contributed by atoms with E-state index in [0.29, 0.717) is 11.7 Å². The van der Waals surface area contributed by atoms with Crippen LogP contribution in [0.1, 0.15) is 67.3 Å². The molecule has 3 heterocycles. The molecule has 2 atom stereocenters. The largest absolute Gasteiger partial charge is 0.295 e. The number of nitrogens with zero attached hydrogens (tertiary/aromatic N) is 4. The highest BCUT2D eigenvalue weighted by Crippen LogP contribution is 2.42. The lowest BCUT2D eigenvalue weighted by Crippen LogP contribution is -2.42. The van der Waals surface area contributed by atoms with Gasteiger partial charge in [-0.1, -0.05) is 56.8 Å². The Morgan fingerprint density at radius 3 is 2.33 bits per heavy atom. The molecule has 0 radical (unpaired) electrons. The molecule has 0 spiro atoms. The summed E-state index contributed by atoms with van der Waals surface area (Å²) >= 11 is 1.57. The van der Waals surface area contributed by atoms with Gasteiger partial charge in [-0.15, -0.1) is 5.10 Å². The van der Waals surface area contributed by atoms with Gasteiger partial charge in [0.2, 0.25) is 0 Å². The summed E-state index contributed by atoms with van der Waals surface area (Å²) in [6.07, 6.45) is 2.38. The van der Waals surface area contributed by atoms with Crippen molar-refractivity contribution in [1.82, 2.24) is 19.7 Å². The van der Waals surface area contributed by atoms with Crippen LogP contribution in [0.5, 0.6) is 0 Å². The summed E-state index contributed by atoms with van der Waals surface area (Å²) in [6, 6.07) is 8.92. The molecule has 1 aromatic carbocycles. The Balaban J connectivity index is 1.66. The van der Waals surface area contributed by atoms with Gasteiger partial charge in [0.05, 0.1) is 6.04 Å². The van der Waals surface area contributed by atoms with Gasteiger partial charge in [-0.2, -0.15) is 4.68 Å². The molecule has 0 amide bonds.